The Hall–Kier alpha value is -2.06. The molecule has 0 saturated carbocycles. The summed E-state index contributed by atoms with van der Waals surface area (Å²) in [4.78, 5) is 0. The molecule has 3 rings (SSSR count). The number of halogens is 2. The summed E-state index contributed by atoms with van der Waals surface area (Å²) in [6.07, 6.45) is 0. The van der Waals surface area contributed by atoms with Crippen molar-refractivity contribution in [3.05, 3.63) is 77.6 Å². The quantitative estimate of drug-likeness (QED) is 0.594. The lowest BCUT2D eigenvalue weighted by atomic mass is 10.0. The van der Waals surface area contributed by atoms with Gasteiger partial charge in [0.15, 0.2) is 0 Å². The molecule has 0 atom stereocenters. The highest BCUT2D eigenvalue weighted by Gasteiger charge is 2.09. The van der Waals surface area contributed by atoms with Crippen LogP contribution in [0.2, 0.25) is 0 Å². The summed E-state index contributed by atoms with van der Waals surface area (Å²) in [5, 5.41) is 2.19. The Balaban J connectivity index is 1.92. The maximum atomic E-state index is 13.6. The number of ether oxygens (including phenoxy) is 1. The van der Waals surface area contributed by atoms with Gasteiger partial charge in [0.1, 0.15) is 18.2 Å². The Labute approximate surface area is 127 Å². The Kier molecular flexibility index (Phi) is 4.07. The zero-order valence-corrected chi connectivity index (χ0v) is 12.1. The van der Waals surface area contributed by atoms with Crippen molar-refractivity contribution in [3.8, 4) is 5.75 Å². The molecule has 0 saturated heterocycles. The van der Waals surface area contributed by atoms with Gasteiger partial charge in [-0.15, -0.1) is 11.6 Å². The molecule has 106 valence electrons. The van der Waals surface area contributed by atoms with Crippen LogP contribution >= 0.6 is 11.6 Å². The maximum Gasteiger partial charge on any atom is 0.129 e. The van der Waals surface area contributed by atoms with Gasteiger partial charge >= 0.3 is 0 Å². The molecule has 0 N–H and O–H groups in total. The van der Waals surface area contributed by atoms with E-state index >= 15 is 0 Å². The highest BCUT2D eigenvalue weighted by atomic mass is 35.5. The first kappa shape index (κ1) is 13.9. The number of rotatable bonds is 4. The fourth-order valence-corrected chi connectivity index (χ4v) is 2.64. The molecular formula is C18H14ClFO. The Morgan fingerprint density at radius 1 is 0.905 bits per heavy atom. The minimum atomic E-state index is -0.259. The van der Waals surface area contributed by atoms with E-state index in [4.69, 9.17) is 16.3 Å². The number of fused-ring (bicyclic) bond motifs is 1. The summed E-state index contributed by atoms with van der Waals surface area (Å²) in [7, 11) is 0. The monoisotopic (exact) mass is 300 g/mol. The molecule has 0 unspecified atom stereocenters. The van der Waals surface area contributed by atoms with Crippen LogP contribution in [0.15, 0.2) is 60.7 Å². The second-order valence-electron chi connectivity index (χ2n) is 4.78. The van der Waals surface area contributed by atoms with E-state index < -0.39 is 0 Å². The van der Waals surface area contributed by atoms with Gasteiger partial charge in [0.2, 0.25) is 0 Å². The molecule has 0 aliphatic rings. The van der Waals surface area contributed by atoms with Crippen LogP contribution in [0.4, 0.5) is 4.39 Å². The van der Waals surface area contributed by atoms with Crippen molar-refractivity contribution in [2.24, 2.45) is 0 Å². The minimum Gasteiger partial charge on any atom is -0.488 e. The molecule has 0 amide bonds. The number of hydrogen-bond acceptors (Lipinski definition) is 1. The second kappa shape index (κ2) is 6.15. The SMILES string of the molecule is Fc1ccccc1COc1ccc2ccccc2c1CCl. The average Bonchev–Trinajstić information content (AvgIpc) is 2.53. The van der Waals surface area contributed by atoms with E-state index in [0.29, 0.717) is 17.2 Å². The van der Waals surface area contributed by atoms with Crippen molar-refractivity contribution in [2.75, 3.05) is 0 Å². The number of hydrogen-bond donors (Lipinski definition) is 0. The topological polar surface area (TPSA) is 9.23 Å². The first-order chi connectivity index (χ1) is 10.3. The van der Waals surface area contributed by atoms with Crippen LogP contribution in [0.1, 0.15) is 11.1 Å². The molecule has 1 nitrogen and oxygen atoms in total. The molecule has 3 heteroatoms. The first-order valence-corrected chi connectivity index (χ1v) is 7.26. The predicted octanol–water partition coefficient (Wildman–Crippen LogP) is 5.30. The smallest absolute Gasteiger partial charge is 0.129 e. The van der Waals surface area contributed by atoms with Gasteiger partial charge in [0.05, 0.1) is 5.88 Å². The predicted molar refractivity (Wildman–Crippen MR) is 84.2 cm³/mol. The van der Waals surface area contributed by atoms with Crippen LogP contribution < -0.4 is 4.74 Å². The molecule has 0 aliphatic carbocycles. The third-order valence-electron chi connectivity index (χ3n) is 3.47. The third kappa shape index (κ3) is 2.86. The van der Waals surface area contributed by atoms with Crippen LogP contribution in [0.3, 0.4) is 0 Å². The van der Waals surface area contributed by atoms with Gasteiger partial charge in [-0.2, -0.15) is 0 Å². The standard InChI is InChI=1S/C18H14ClFO/c19-11-16-15-7-3-1-5-13(15)9-10-18(16)21-12-14-6-2-4-8-17(14)20/h1-10H,11-12H2. The van der Waals surface area contributed by atoms with E-state index in [-0.39, 0.29) is 12.4 Å². The molecule has 0 heterocycles. The van der Waals surface area contributed by atoms with Gasteiger partial charge in [-0.3, -0.25) is 0 Å². The summed E-state index contributed by atoms with van der Waals surface area (Å²) in [5.41, 5.74) is 1.47. The van der Waals surface area contributed by atoms with Crippen LogP contribution in [0.5, 0.6) is 5.75 Å². The summed E-state index contributed by atoms with van der Waals surface area (Å²) in [6.45, 7) is 0.189. The van der Waals surface area contributed by atoms with Crippen molar-refractivity contribution in [1.29, 1.82) is 0 Å². The van der Waals surface area contributed by atoms with E-state index in [1.54, 1.807) is 18.2 Å². The van der Waals surface area contributed by atoms with Crippen molar-refractivity contribution in [3.63, 3.8) is 0 Å². The third-order valence-corrected chi connectivity index (χ3v) is 3.74. The molecule has 3 aromatic rings. The number of alkyl halides is 1. The Bertz CT molecular complexity index is 770. The first-order valence-electron chi connectivity index (χ1n) is 6.72. The van der Waals surface area contributed by atoms with Crippen molar-refractivity contribution >= 4 is 22.4 Å². The molecule has 3 aromatic carbocycles. The molecule has 0 radical (unpaired) electrons. The molecule has 0 spiro atoms. The fourth-order valence-electron chi connectivity index (χ4n) is 2.36. The average molecular weight is 301 g/mol. The van der Waals surface area contributed by atoms with Gasteiger partial charge in [-0.1, -0.05) is 48.5 Å². The van der Waals surface area contributed by atoms with Crippen LogP contribution in [-0.4, -0.2) is 0 Å². The molecular weight excluding hydrogens is 287 g/mol. The molecule has 21 heavy (non-hydrogen) atoms. The summed E-state index contributed by atoms with van der Waals surface area (Å²) in [6, 6.07) is 18.5. The van der Waals surface area contributed by atoms with Crippen molar-refractivity contribution in [1.82, 2.24) is 0 Å². The minimum absolute atomic E-state index is 0.189. The fraction of sp³-hybridized carbons (Fsp3) is 0.111. The van der Waals surface area contributed by atoms with E-state index in [0.717, 1.165) is 16.3 Å². The van der Waals surface area contributed by atoms with E-state index in [1.807, 2.05) is 36.4 Å². The van der Waals surface area contributed by atoms with Gasteiger partial charge in [-0.05, 0) is 22.9 Å². The van der Waals surface area contributed by atoms with E-state index in [2.05, 4.69) is 0 Å². The van der Waals surface area contributed by atoms with Crippen LogP contribution in [0, 0.1) is 5.82 Å². The molecule has 0 aromatic heterocycles. The van der Waals surface area contributed by atoms with Crippen LogP contribution in [0.25, 0.3) is 10.8 Å². The lowest BCUT2D eigenvalue weighted by molar-refractivity contribution is 0.298. The van der Waals surface area contributed by atoms with Gasteiger partial charge in [0, 0.05) is 11.1 Å². The van der Waals surface area contributed by atoms with Gasteiger partial charge < -0.3 is 4.74 Å². The molecule has 0 aliphatic heterocycles. The zero-order chi connectivity index (χ0) is 14.7. The highest BCUT2D eigenvalue weighted by molar-refractivity contribution is 6.18. The van der Waals surface area contributed by atoms with Crippen molar-refractivity contribution in [2.45, 2.75) is 12.5 Å². The summed E-state index contributed by atoms with van der Waals surface area (Å²) in [5.74, 6) is 0.797. The zero-order valence-electron chi connectivity index (χ0n) is 11.4. The molecule has 0 fully saturated rings. The summed E-state index contributed by atoms with van der Waals surface area (Å²) >= 11 is 6.07. The van der Waals surface area contributed by atoms with E-state index in [1.165, 1.54) is 6.07 Å². The highest BCUT2D eigenvalue weighted by Crippen LogP contribution is 2.30. The number of benzene rings is 3. The van der Waals surface area contributed by atoms with Crippen LogP contribution in [-0.2, 0) is 12.5 Å². The normalized spacial score (nSPS) is 10.8. The largest absolute Gasteiger partial charge is 0.488 e. The maximum absolute atomic E-state index is 13.6. The van der Waals surface area contributed by atoms with Crippen molar-refractivity contribution < 1.29 is 9.13 Å². The molecule has 0 bridgehead atoms. The lowest BCUT2D eigenvalue weighted by Crippen LogP contribution is -2.00. The lowest BCUT2D eigenvalue weighted by Gasteiger charge is -2.13. The second-order valence-corrected chi connectivity index (χ2v) is 5.04. The Morgan fingerprint density at radius 2 is 1.67 bits per heavy atom. The van der Waals surface area contributed by atoms with Gasteiger partial charge in [0.25, 0.3) is 0 Å². The van der Waals surface area contributed by atoms with E-state index in [9.17, 15) is 4.39 Å². The Morgan fingerprint density at radius 3 is 2.48 bits per heavy atom. The summed E-state index contributed by atoms with van der Waals surface area (Å²) < 4.78 is 19.4. The van der Waals surface area contributed by atoms with Gasteiger partial charge in [-0.25, -0.2) is 4.39 Å².